The lowest BCUT2D eigenvalue weighted by Crippen LogP contribution is -1.92. The molecule has 0 aromatic rings. The summed E-state index contributed by atoms with van der Waals surface area (Å²) in [5.41, 5.74) is 0. The van der Waals surface area contributed by atoms with Gasteiger partial charge in [-0.2, -0.15) is 0 Å². The fourth-order valence-electron chi connectivity index (χ4n) is 0.276. The van der Waals surface area contributed by atoms with E-state index in [0.717, 1.165) is 12.7 Å². The van der Waals surface area contributed by atoms with Gasteiger partial charge in [-0.15, -0.1) is 0 Å². The van der Waals surface area contributed by atoms with E-state index < -0.39 is 9.41 Å². The highest BCUT2D eigenvalue weighted by atomic mass is 28.2. The van der Waals surface area contributed by atoms with Crippen LogP contribution in [0.1, 0.15) is 6.92 Å². The second kappa shape index (κ2) is 5.98. The van der Waals surface area contributed by atoms with Gasteiger partial charge >= 0.3 is 0 Å². The summed E-state index contributed by atoms with van der Waals surface area (Å²) in [6.07, 6.45) is 0. The lowest BCUT2D eigenvalue weighted by atomic mass is 10.8. The molecule has 0 aliphatic carbocycles. The van der Waals surface area contributed by atoms with Gasteiger partial charge in [0.25, 0.3) is 9.41 Å². The lowest BCUT2D eigenvalue weighted by Gasteiger charge is -1.90. The van der Waals surface area contributed by atoms with Crippen LogP contribution in [0.25, 0.3) is 0 Å². The molecule has 0 fully saturated rings. The summed E-state index contributed by atoms with van der Waals surface area (Å²) < 4.78 is 14.7. The highest BCUT2D eigenvalue weighted by Gasteiger charge is 1.79. The number of hydrogen-bond acceptors (Lipinski definition) is 2. The highest BCUT2D eigenvalue weighted by Crippen LogP contribution is 1.75. The van der Waals surface area contributed by atoms with Crippen molar-refractivity contribution in [1.29, 1.82) is 0 Å². The topological polar surface area (TPSA) is 26.3 Å². The van der Waals surface area contributed by atoms with Gasteiger partial charge in [-0.25, -0.2) is 0 Å². The van der Waals surface area contributed by atoms with E-state index >= 15 is 0 Å². The average molecular weight is 118 g/mol. The minimum atomic E-state index is -0.594. The predicted octanol–water partition coefficient (Wildman–Crippen LogP) is 0.223. The van der Waals surface area contributed by atoms with Gasteiger partial charge in [-0.1, -0.05) is 0 Å². The molecule has 0 unspecified atom stereocenters. The van der Waals surface area contributed by atoms with Crippen LogP contribution in [-0.4, -0.2) is 22.6 Å². The number of ether oxygens (including phenoxy) is 1. The van der Waals surface area contributed by atoms with Crippen molar-refractivity contribution in [3.05, 3.63) is 0 Å². The van der Waals surface area contributed by atoms with Gasteiger partial charge in [0.1, 0.15) is 0 Å². The van der Waals surface area contributed by atoms with Crippen LogP contribution < -0.4 is 0 Å². The van der Waals surface area contributed by atoms with Crippen molar-refractivity contribution in [2.45, 2.75) is 13.0 Å². The van der Waals surface area contributed by atoms with E-state index in [1.165, 1.54) is 0 Å². The van der Waals surface area contributed by atoms with Gasteiger partial charge in [0.2, 0.25) is 0 Å². The van der Waals surface area contributed by atoms with Crippen molar-refractivity contribution in [3.8, 4) is 0 Å². The molecule has 0 aromatic heterocycles. The molecule has 0 bridgehead atoms. The molecule has 0 heterocycles. The molecule has 42 valence electrons. The quantitative estimate of drug-likeness (QED) is 0.390. The molecular formula is C4H10O2Si. The van der Waals surface area contributed by atoms with Crippen molar-refractivity contribution < 1.29 is 9.20 Å². The second-order valence-corrected chi connectivity index (χ2v) is 2.06. The first-order valence-electron chi connectivity index (χ1n) is 2.43. The first-order valence-corrected chi connectivity index (χ1v) is 3.72. The van der Waals surface area contributed by atoms with E-state index in [9.17, 15) is 4.46 Å². The molecule has 0 saturated heterocycles. The second-order valence-electron chi connectivity index (χ2n) is 1.15. The first kappa shape index (κ1) is 6.98. The Morgan fingerprint density at radius 1 is 1.71 bits per heavy atom. The Bertz CT molecular complexity index is 47.0. The number of rotatable bonds is 4. The molecule has 3 heteroatoms. The summed E-state index contributed by atoms with van der Waals surface area (Å²) >= 11 is 0. The minimum absolute atomic E-state index is 0.594. The van der Waals surface area contributed by atoms with E-state index in [1.54, 1.807) is 0 Å². The average Bonchev–Trinajstić information content (AvgIpc) is 1.69. The lowest BCUT2D eigenvalue weighted by molar-refractivity contribution is 0.161. The fourth-order valence-corrected chi connectivity index (χ4v) is 0.539. The maximum Gasteiger partial charge on any atom is 0.263 e. The maximum absolute atomic E-state index is 9.81. The zero-order valence-corrected chi connectivity index (χ0v) is 5.67. The van der Waals surface area contributed by atoms with Gasteiger partial charge in [0.15, 0.2) is 0 Å². The Morgan fingerprint density at radius 2 is 2.43 bits per heavy atom. The van der Waals surface area contributed by atoms with Gasteiger partial charge < -0.3 is 9.20 Å². The molecular weight excluding hydrogens is 108 g/mol. The van der Waals surface area contributed by atoms with E-state index in [-0.39, 0.29) is 0 Å². The zero-order valence-electron chi connectivity index (χ0n) is 4.52. The summed E-state index contributed by atoms with van der Waals surface area (Å²) in [7, 11) is -0.594. The standard InChI is InChI=1S/C4H10O2Si/c1-2-6-3-4-7-5/h7H,2-4H2,1H3. The predicted molar refractivity (Wildman–Crippen MR) is 29.1 cm³/mol. The molecule has 0 aliphatic rings. The minimum Gasteiger partial charge on any atom is -0.392 e. The Labute approximate surface area is 45.7 Å². The smallest absolute Gasteiger partial charge is 0.263 e. The van der Waals surface area contributed by atoms with Crippen molar-refractivity contribution >= 4 is 9.41 Å². The molecule has 0 N–H and O–H groups in total. The first-order chi connectivity index (χ1) is 3.41. The fraction of sp³-hybridized carbons (Fsp3) is 1.00. The third kappa shape index (κ3) is 5.98. The Hall–Kier alpha value is -0.0231. The monoisotopic (exact) mass is 118 g/mol. The van der Waals surface area contributed by atoms with E-state index in [1.807, 2.05) is 6.92 Å². The van der Waals surface area contributed by atoms with Gasteiger partial charge in [-0.3, -0.25) is 0 Å². The van der Waals surface area contributed by atoms with Crippen LogP contribution in [0.4, 0.5) is 0 Å². The molecule has 2 nitrogen and oxygen atoms in total. The molecule has 0 atom stereocenters. The van der Waals surface area contributed by atoms with Crippen LogP contribution in [0.3, 0.4) is 0 Å². The summed E-state index contributed by atoms with van der Waals surface area (Å²) in [4.78, 5) is 0. The maximum atomic E-state index is 9.81. The molecule has 0 saturated carbocycles. The summed E-state index contributed by atoms with van der Waals surface area (Å²) in [6.45, 7) is 3.33. The molecule has 0 radical (unpaired) electrons. The van der Waals surface area contributed by atoms with Crippen molar-refractivity contribution in [2.75, 3.05) is 13.2 Å². The summed E-state index contributed by atoms with van der Waals surface area (Å²) in [5.74, 6) is 0. The molecule has 7 heavy (non-hydrogen) atoms. The van der Waals surface area contributed by atoms with E-state index in [0.29, 0.717) is 6.61 Å². The SMILES string of the molecule is CCOCC[SiH]=O. The van der Waals surface area contributed by atoms with Crippen LogP contribution in [0, 0.1) is 0 Å². The third-order valence-electron chi connectivity index (χ3n) is 0.584. The van der Waals surface area contributed by atoms with Crippen molar-refractivity contribution in [3.63, 3.8) is 0 Å². The zero-order chi connectivity index (χ0) is 5.54. The molecule has 0 aliphatic heterocycles. The summed E-state index contributed by atoms with van der Waals surface area (Å²) in [6, 6.07) is 0.730. The van der Waals surface area contributed by atoms with Crippen LogP contribution in [0.15, 0.2) is 0 Å². The van der Waals surface area contributed by atoms with E-state index in [2.05, 4.69) is 0 Å². The van der Waals surface area contributed by atoms with Crippen LogP contribution in [-0.2, 0) is 9.20 Å². The van der Waals surface area contributed by atoms with Crippen molar-refractivity contribution in [2.24, 2.45) is 0 Å². The Morgan fingerprint density at radius 3 is 2.86 bits per heavy atom. The van der Waals surface area contributed by atoms with Crippen molar-refractivity contribution in [1.82, 2.24) is 0 Å². The Balaban J connectivity index is 2.56. The van der Waals surface area contributed by atoms with Gasteiger partial charge in [0, 0.05) is 19.3 Å². The Kier molecular flexibility index (Phi) is 5.96. The molecule has 0 amide bonds. The molecule has 0 rings (SSSR count). The summed E-state index contributed by atoms with van der Waals surface area (Å²) in [5, 5.41) is 0. The normalized spacial score (nSPS) is 8.71. The van der Waals surface area contributed by atoms with Crippen LogP contribution in [0.2, 0.25) is 6.04 Å². The van der Waals surface area contributed by atoms with Gasteiger partial charge in [0.05, 0.1) is 0 Å². The highest BCUT2D eigenvalue weighted by molar-refractivity contribution is 6.16. The molecule has 0 spiro atoms. The van der Waals surface area contributed by atoms with Crippen LogP contribution >= 0.6 is 0 Å². The largest absolute Gasteiger partial charge is 0.392 e. The van der Waals surface area contributed by atoms with E-state index in [4.69, 9.17) is 4.74 Å². The number of hydrogen-bond donors (Lipinski definition) is 0. The third-order valence-corrected chi connectivity index (χ3v) is 1.06. The van der Waals surface area contributed by atoms with Gasteiger partial charge in [-0.05, 0) is 6.92 Å². The van der Waals surface area contributed by atoms with Crippen LogP contribution in [0.5, 0.6) is 0 Å². The molecule has 0 aromatic carbocycles.